The number of amides is 1. The average molecular weight is 324 g/mol. The normalized spacial score (nSPS) is 23.1. The second-order valence-electron chi connectivity index (χ2n) is 5.49. The van der Waals surface area contributed by atoms with Gasteiger partial charge in [0.2, 0.25) is 0 Å². The minimum absolute atomic E-state index is 0.0615. The molecule has 1 saturated carbocycles. The zero-order chi connectivity index (χ0) is 13.7. The standard InChI is InChI=1S/C16H22BrNO/c1-2-3-12-4-10-15(11-5-12)18-16(19)13-6-8-14(17)9-7-13/h6-9,12,15H,2-5,10-11H2,1H3,(H,18,19). The Kier molecular flexibility index (Phi) is 5.44. The first-order valence-corrected chi connectivity index (χ1v) is 8.04. The van der Waals surface area contributed by atoms with Gasteiger partial charge in [0.1, 0.15) is 0 Å². The molecule has 1 amide bonds. The van der Waals surface area contributed by atoms with E-state index in [1.165, 1.54) is 25.7 Å². The molecular weight excluding hydrogens is 302 g/mol. The van der Waals surface area contributed by atoms with Crippen LogP contribution >= 0.6 is 15.9 Å². The van der Waals surface area contributed by atoms with Gasteiger partial charge in [0, 0.05) is 16.1 Å². The fourth-order valence-corrected chi connectivity index (χ4v) is 3.14. The molecule has 0 spiro atoms. The molecular formula is C16H22BrNO. The molecule has 1 aromatic carbocycles. The number of rotatable bonds is 4. The Bertz CT molecular complexity index is 407. The number of carbonyl (C=O) groups excluding carboxylic acids is 1. The van der Waals surface area contributed by atoms with Crippen molar-refractivity contribution in [2.24, 2.45) is 5.92 Å². The van der Waals surface area contributed by atoms with Crippen molar-refractivity contribution in [1.29, 1.82) is 0 Å². The summed E-state index contributed by atoms with van der Waals surface area (Å²) in [5.41, 5.74) is 0.749. The molecule has 19 heavy (non-hydrogen) atoms. The van der Waals surface area contributed by atoms with Crippen LogP contribution in [-0.4, -0.2) is 11.9 Å². The van der Waals surface area contributed by atoms with E-state index in [0.29, 0.717) is 6.04 Å². The number of benzene rings is 1. The lowest BCUT2D eigenvalue weighted by atomic mass is 9.83. The van der Waals surface area contributed by atoms with Crippen molar-refractivity contribution in [3.8, 4) is 0 Å². The van der Waals surface area contributed by atoms with Gasteiger partial charge in [-0.05, 0) is 55.9 Å². The van der Waals surface area contributed by atoms with Gasteiger partial charge in [-0.25, -0.2) is 0 Å². The molecule has 3 heteroatoms. The summed E-state index contributed by atoms with van der Waals surface area (Å²) < 4.78 is 1.00. The molecule has 2 nitrogen and oxygen atoms in total. The molecule has 0 saturated heterocycles. The maximum Gasteiger partial charge on any atom is 0.251 e. The Morgan fingerprint density at radius 3 is 2.42 bits per heavy atom. The van der Waals surface area contributed by atoms with Crippen molar-refractivity contribution in [3.05, 3.63) is 34.3 Å². The third-order valence-corrected chi connectivity index (χ3v) is 4.51. The Morgan fingerprint density at radius 1 is 1.21 bits per heavy atom. The van der Waals surface area contributed by atoms with E-state index in [2.05, 4.69) is 28.2 Å². The summed E-state index contributed by atoms with van der Waals surface area (Å²) in [6.45, 7) is 2.25. The number of hydrogen-bond acceptors (Lipinski definition) is 1. The van der Waals surface area contributed by atoms with Crippen molar-refractivity contribution in [2.75, 3.05) is 0 Å². The molecule has 0 aliphatic heterocycles. The molecule has 0 atom stereocenters. The zero-order valence-corrected chi connectivity index (χ0v) is 13.1. The third-order valence-electron chi connectivity index (χ3n) is 3.99. The van der Waals surface area contributed by atoms with Gasteiger partial charge in [-0.1, -0.05) is 35.7 Å². The summed E-state index contributed by atoms with van der Waals surface area (Å²) in [6, 6.07) is 7.91. The minimum Gasteiger partial charge on any atom is -0.349 e. The molecule has 1 fully saturated rings. The average Bonchev–Trinajstić information content (AvgIpc) is 2.42. The predicted molar refractivity (Wildman–Crippen MR) is 82.3 cm³/mol. The molecule has 104 valence electrons. The number of nitrogens with one attached hydrogen (secondary N) is 1. The predicted octanol–water partition coefficient (Wildman–Crippen LogP) is 4.54. The highest BCUT2D eigenvalue weighted by molar-refractivity contribution is 9.10. The highest BCUT2D eigenvalue weighted by atomic mass is 79.9. The maximum absolute atomic E-state index is 12.1. The smallest absolute Gasteiger partial charge is 0.251 e. The Hall–Kier alpha value is -0.830. The molecule has 1 N–H and O–H groups in total. The molecule has 0 radical (unpaired) electrons. The quantitative estimate of drug-likeness (QED) is 0.866. The first-order chi connectivity index (χ1) is 9.19. The molecule has 0 unspecified atom stereocenters. The molecule has 0 heterocycles. The van der Waals surface area contributed by atoms with Crippen molar-refractivity contribution in [2.45, 2.75) is 51.5 Å². The van der Waals surface area contributed by atoms with E-state index in [1.54, 1.807) is 0 Å². The van der Waals surface area contributed by atoms with Gasteiger partial charge < -0.3 is 5.32 Å². The molecule has 1 aliphatic rings. The van der Waals surface area contributed by atoms with Crippen LogP contribution in [0.5, 0.6) is 0 Å². The Labute approximate surface area is 124 Å². The second-order valence-corrected chi connectivity index (χ2v) is 6.40. The maximum atomic E-state index is 12.1. The summed E-state index contributed by atoms with van der Waals surface area (Å²) in [5, 5.41) is 3.16. The Morgan fingerprint density at radius 2 is 1.84 bits per heavy atom. The highest BCUT2D eigenvalue weighted by Gasteiger charge is 2.22. The summed E-state index contributed by atoms with van der Waals surface area (Å²) in [7, 11) is 0. The SMILES string of the molecule is CCCC1CCC(NC(=O)c2ccc(Br)cc2)CC1. The summed E-state index contributed by atoms with van der Waals surface area (Å²) in [4.78, 5) is 12.1. The van der Waals surface area contributed by atoms with Crippen molar-refractivity contribution < 1.29 is 4.79 Å². The highest BCUT2D eigenvalue weighted by Crippen LogP contribution is 2.27. The van der Waals surface area contributed by atoms with Crippen LogP contribution in [0, 0.1) is 5.92 Å². The van der Waals surface area contributed by atoms with E-state index in [1.807, 2.05) is 24.3 Å². The van der Waals surface area contributed by atoms with E-state index in [-0.39, 0.29) is 5.91 Å². The lowest BCUT2D eigenvalue weighted by Crippen LogP contribution is -2.37. The van der Waals surface area contributed by atoms with Crippen LogP contribution in [0.4, 0.5) is 0 Å². The minimum atomic E-state index is 0.0615. The van der Waals surface area contributed by atoms with Gasteiger partial charge in [0.15, 0.2) is 0 Å². The number of carbonyl (C=O) groups is 1. The van der Waals surface area contributed by atoms with Crippen molar-refractivity contribution in [3.63, 3.8) is 0 Å². The van der Waals surface area contributed by atoms with Crippen molar-refractivity contribution >= 4 is 21.8 Å². The van der Waals surface area contributed by atoms with Gasteiger partial charge in [0.05, 0.1) is 0 Å². The first-order valence-electron chi connectivity index (χ1n) is 7.25. The van der Waals surface area contributed by atoms with E-state index < -0.39 is 0 Å². The summed E-state index contributed by atoms with van der Waals surface area (Å²) >= 11 is 3.38. The van der Waals surface area contributed by atoms with Gasteiger partial charge in [-0.2, -0.15) is 0 Å². The number of halogens is 1. The van der Waals surface area contributed by atoms with E-state index >= 15 is 0 Å². The van der Waals surface area contributed by atoms with E-state index in [9.17, 15) is 4.79 Å². The van der Waals surface area contributed by atoms with Crippen LogP contribution in [0.15, 0.2) is 28.7 Å². The van der Waals surface area contributed by atoms with Crippen LogP contribution in [0.3, 0.4) is 0 Å². The fourth-order valence-electron chi connectivity index (χ4n) is 2.87. The van der Waals surface area contributed by atoms with Crippen LogP contribution in [0.1, 0.15) is 55.8 Å². The molecule has 0 bridgehead atoms. The van der Waals surface area contributed by atoms with Crippen LogP contribution in [0.2, 0.25) is 0 Å². The van der Waals surface area contributed by atoms with Gasteiger partial charge >= 0.3 is 0 Å². The molecule has 1 aliphatic carbocycles. The molecule has 0 aromatic heterocycles. The van der Waals surface area contributed by atoms with E-state index in [0.717, 1.165) is 28.8 Å². The lowest BCUT2D eigenvalue weighted by molar-refractivity contribution is 0.0921. The van der Waals surface area contributed by atoms with Crippen LogP contribution in [-0.2, 0) is 0 Å². The Balaban J connectivity index is 1.82. The van der Waals surface area contributed by atoms with Gasteiger partial charge in [-0.3, -0.25) is 4.79 Å². The van der Waals surface area contributed by atoms with E-state index in [4.69, 9.17) is 0 Å². The second kappa shape index (κ2) is 7.09. The zero-order valence-electron chi connectivity index (χ0n) is 11.5. The molecule has 2 rings (SSSR count). The lowest BCUT2D eigenvalue weighted by Gasteiger charge is -2.29. The largest absolute Gasteiger partial charge is 0.349 e. The van der Waals surface area contributed by atoms with Crippen LogP contribution in [0.25, 0.3) is 0 Å². The molecule has 1 aromatic rings. The van der Waals surface area contributed by atoms with Gasteiger partial charge in [0.25, 0.3) is 5.91 Å². The summed E-state index contributed by atoms with van der Waals surface area (Å²) in [5.74, 6) is 0.942. The fraction of sp³-hybridized carbons (Fsp3) is 0.562. The topological polar surface area (TPSA) is 29.1 Å². The monoisotopic (exact) mass is 323 g/mol. The third kappa shape index (κ3) is 4.34. The van der Waals surface area contributed by atoms with Crippen LogP contribution < -0.4 is 5.32 Å². The first kappa shape index (κ1) is 14.6. The van der Waals surface area contributed by atoms with Crippen molar-refractivity contribution in [1.82, 2.24) is 5.32 Å². The number of hydrogen-bond donors (Lipinski definition) is 1. The van der Waals surface area contributed by atoms with Gasteiger partial charge in [-0.15, -0.1) is 0 Å². The summed E-state index contributed by atoms with van der Waals surface area (Å²) in [6.07, 6.45) is 7.41.